The number of phenols is 1. The Kier molecular flexibility index (Phi) is 3.52. The van der Waals surface area contributed by atoms with Crippen molar-refractivity contribution in [1.29, 1.82) is 0 Å². The Balaban J connectivity index is 2.03. The molecule has 108 valence electrons. The summed E-state index contributed by atoms with van der Waals surface area (Å²) in [5, 5.41) is 12.8. The van der Waals surface area contributed by atoms with Gasteiger partial charge in [0, 0.05) is 5.92 Å². The molecule has 1 amide bonds. The number of nitrogens with one attached hydrogen (secondary N) is 1. The molecule has 2 aromatic rings. The second kappa shape index (κ2) is 5.48. The number of ether oxygens (including phenoxy) is 1. The van der Waals surface area contributed by atoms with E-state index in [1.54, 1.807) is 6.07 Å². The number of carbonyl (C=O) groups excluding carboxylic acids is 1. The van der Waals surface area contributed by atoms with E-state index >= 15 is 0 Å². The largest absolute Gasteiger partial charge is 0.508 e. The first-order chi connectivity index (χ1) is 10.1. The van der Waals surface area contributed by atoms with E-state index < -0.39 is 6.09 Å². The van der Waals surface area contributed by atoms with E-state index in [-0.39, 0.29) is 17.7 Å². The third-order valence-electron chi connectivity index (χ3n) is 3.85. The van der Waals surface area contributed by atoms with Crippen LogP contribution in [0.25, 0.3) is 0 Å². The number of carbonyl (C=O) groups is 1. The number of cyclic esters (lactones) is 1. The molecule has 3 rings (SSSR count). The van der Waals surface area contributed by atoms with Gasteiger partial charge in [-0.3, -0.25) is 0 Å². The molecule has 21 heavy (non-hydrogen) atoms. The molecule has 2 atom stereocenters. The Labute approximate surface area is 123 Å². The number of benzene rings is 2. The number of rotatable bonds is 3. The first-order valence-corrected chi connectivity index (χ1v) is 6.93. The zero-order valence-electron chi connectivity index (χ0n) is 11.7. The van der Waals surface area contributed by atoms with Crippen molar-refractivity contribution >= 4 is 6.09 Å². The van der Waals surface area contributed by atoms with Crippen molar-refractivity contribution in [2.75, 3.05) is 6.61 Å². The minimum Gasteiger partial charge on any atom is -0.508 e. The molecular formula is C17H17NO3. The summed E-state index contributed by atoms with van der Waals surface area (Å²) in [6.45, 7) is 2.18. The van der Waals surface area contributed by atoms with Crippen LogP contribution in [0.15, 0.2) is 48.5 Å². The van der Waals surface area contributed by atoms with E-state index in [1.807, 2.05) is 49.4 Å². The van der Waals surface area contributed by atoms with Crippen LogP contribution >= 0.6 is 0 Å². The lowest BCUT2D eigenvalue weighted by atomic mass is 9.85. The lowest BCUT2D eigenvalue weighted by Gasteiger charge is -2.23. The van der Waals surface area contributed by atoms with Crippen molar-refractivity contribution in [2.24, 2.45) is 0 Å². The lowest BCUT2D eigenvalue weighted by molar-refractivity contribution is 0.176. The summed E-state index contributed by atoms with van der Waals surface area (Å²) >= 11 is 0. The van der Waals surface area contributed by atoms with Crippen LogP contribution in [0.2, 0.25) is 0 Å². The van der Waals surface area contributed by atoms with Crippen molar-refractivity contribution in [3.05, 3.63) is 65.2 Å². The van der Waals surface area contributed by atoms with Crippen molar-refractivity contribution < 1.29 is 14.6 Å². The fraction of sp³-hybridized carbons (Fsp3) is 0.235. The molecule has 0 radical (unpaired) electrons. The molecule has 1 aliphatic rings. The molecule has 0 bridgehead atoms. The maximum Gasteiger partial charge on any atom is 0.407 e. The van der Waals surface area contributed by atoms with Gasteiger partial charge in [-0.1, -0.05) is 42.5 Å². The topological polar surface area (TPSA) is 58.6 Å². The highest BCUT2D eigenvalue weighted by Gasteiger charge is 2.32. The van der Waals surface area contributed by atoms with Crippen LogP contribution in [-0.2, 0) is 4.74 Å². The van der Waals surface area contributed by atoms with Gasteiger partial charge in [-0.05, 0) is 29.7 Å². The lowest BCUT2D eigenvalue weighted by Crippen LogP contribution is -2.33. The van der Waals surface area contributed by atoms with Crippen LogP contribution in [0, 0.1) is 6.92 Å². The molecule has 1 heterocycles. The molecule has 0 spiro atoms. The van der Waals surface area contributed by atoms with Gasteiger partial charge in [0.2, 0.25) is 0 Å². The summed E-state index contributed by atoms with van der Waals surface area (Å²) < 4.78 is 5.03. The van der Waals surface area contributed by atoms with Crippen LogP contribution in [0.1, 0.15) is 22.6 Å². The first-order valence-electron chi connectivity index (χ1n) is 6.93. The molecule has 4 nitrogen and oxygen atoms in total. The molecule has 0 saturated carbocycles. The summed E-state index contributed by atoms with van der Waals surface area (Å²) in [4.78, 5) is 11.4. The molecule has 2 unspecified atom stereocenters. The monoisotopic (exact) mass is 283 g/mol. The summed E-state index contributed by atoms with van der Waals surface area (Å²) in [6, 6.07) is 15.4. The Morgan fingerprint density at radius 1 is 1.19 bits per heavy atom. The van der Waals surface area contributed by atoms with E-state index in [9.17, 15) is 9.90 Å². The highest BCUT2D eigenvalue weighted by Crippen LogP contribution is 2.32. The standard InChI is InChI=1S/C17H17NO3/c1-11-7-8-13(9-15(11)19)16(12-5-3-2-4-6-12)14-10-21-17(20)18-14/h2-9,14,16,19H,10H2,1H3,(H,18,20). The average molecular weight is 283 g/mol. The number of hydrogen-bond donors (Lipinski definition) is 2. The van der Waals surface area contributed by atoms with Gasteiger partial charge in [0.25, 0.3) is 0 Å². The van der Waals surface area contributed by atoms with Crippen molar-refractivity contribution in [1.82, 2.24) is 5.32 Å². The SMILES string of the molecule is Cc1ccc(C(c2ccccc2)C2COC(=O)N2)cc1O. The van der Waals surface area contributed by atoms with Crippen LogP contribution in [0.3, 0.4) is 0 Å². The number of aryl methyl sites for hydroxylation is 1. The molecule has 4 heteroatoms. The molecule has 0 aliphatic carbocycles. The molecule has 1 saturated heterocycles. The summed E-state index contributed by atoms with van der Waals surface area (Å²) in [7, 11) is 0. The van der Waals surface area contributed by atoms with E-state index in [2.05, 4.69) is 5.32 Å². The number of hydrogen-bond acceptors (Lipinski definition) is 3. The Morgan fingerprint density at radius 2 is 1.95 bits per heavy atom. The smallest absolute Gasteiger partial charge is 0.407 e. The fourth-order valence-electron chi connectivity index (χ4n) is 2.72. The predicted octanol–water partition coefficient (Wildman–Crippen LogP) is 2.94. The second-order valence-electron chi connectivity index (χ2n) is 5.28. The molecule has 2 N–H and O–H groups in total. The number of alkyl carbamates (subject to hydrolysis) is 1. The van der Waals surface area contributed by atoms with E-state index in [1.165, 1.54) is 0 Å². The number of aromatic hydroxyl groups is 1. The average Bonchev–Trinajstić information content (AvgIpc) is 2.90. The first kappa shape index (κ1) is 13.5. The maximum absolute atomic E-state index is 11.4. The van der Waals surface area contributed by atoms with Gasteiger partial charge in [-0.25, -0.2) is 4.79 Å². The molecule has 2 aromatic carbocycles. The number of phenolic OH excluding ortho intramolecular Hbond substituents is 1. The van der Waals surface area contributed by atoms with E-state index in [0.717, 1.165) is 16.7 Å². The molecule has 0 aromatic heterocycles. The highest BCUT2D eigenvalue weighted by atomic mass is 16.6. The predicted molar refractivity (Wildman–Crippen MR) is 79.4 cm³/mol. The van der Waals surface area contributed by atoms with Crippen LogP contribution < -0.4 is 5.32 Å². The third kappa shape index (κ3) is 2.70. The van der Waals surface area contributed by atoms with Gasteiger partial charge >= 0.3 is 6.09 Å². The third-order valence-corrected chi connectivity index (χ3v) is 3.85. The van der Waals surface area contributed by atoms with Gasteiger partial charge in [0.15, 0.2) is 0 Å². The summed E-state index contributed by atoms with van der Waals surface area (Å²) in [5.74, 6) is 0.211. The second-order valence-corrected chi connectivity index (χ2v) is 5.28. The molecule has 1 aliphatic heterocycles. The van der Waals surface area contributed by atoms with E-state index in [0.29, 0.717) is 6.61 Å². The molecular weight excluding hydrogens is 266 g/mol. The normalized spacial score (nSPS) is 18.9. The van der Waals surface area contributed by atoms with Crippen LogP contribution in [0.5, 0.6) is 5.75 Å². The Morgan fingerprint density at radius 3 is 2.57 bits per heavy atom. The van der Waals surface area contributed by atoms with Gasteiger partial charge in [-0.2, -0.15) is 0 Å². The van der Waals surface area contributed by atoms with Crippen molar-refractivity contribution in [3.63, 3.8) is 0 Å². The van der Waals surface area contributed by atoms with Gasteiger partial charge in [0.05, 0.1) is 6.04 Å². The minimum atomic E-state index is -0.391. The van der Waals surface area contributed by atoms with Crippen molar-refractivity contribution in [2.45, 2.75) is 18.9 Å². The highest BCUT2D eigenvalue weighted by molar-refractivity contribution is 5.70. The van der Waals surface area contributed by atoms with Crippen LogP contribution in [-0.4, -0.2) is 23.8 Å². The Bertz CT molecular complexity index is 654. The zero-order valence-corrected chi connectivity index (χ0v) is 11.7. The zero-order chi connectivity index (χ0) is 14.8. The van der Waals surface area contributed by atoms with Crippen LogP contribution in [0.4, 0.5) is 4.79 Å². The number of amides is 1. The van der Waals surface area contributed by atoms with Gasteiger partial charge < -0.3 is 15.2 Å². The quantitative estimate of drug-likeness (QED) is 0.910. The van der Waals surface area contributed by atoms with Gasteiger partial charge in [-0.15, -0.1) is 0 Å². The maximum atomic E-state index is 11.4. The van der Waals surface area contributed by atoms with E-state index in [4.69, 9.17) is 4.74 Å². The van der Waals surface area contributed by atoms with Crippen molar-refractivity contribution in [3.8, 4) is 5.75 Å². The minimum absolute atomic E-state index is 0.0517. The fourth-order valence-corrected chi connectivity index (χ4v) is 2.72. The summed E-state index contributed by atoms with van der Waals surface area (Å²) in [6.07, 6.45) is -0.391. The van der Waals surface area contributed by atoms with Gasteiger partial charge in [0.1, 0.15) is 12.4 Å². The molecule has 1 fully saturated rings. The summed E-state index contributed by atoms with van der Waals surface area (Å²) in [5.41, 5.74) is 2.87. The Hall–Kier alpha value is -2.49.